The van der Waals surface area contributed by atoms with Crippen LogP contribution >= 0.6 is 23.4 Å². The first-order chi connectivity index (χ1) is 12.6. The normalized spacial score (nSPS) is 11.4. The van der Waals surface area contributed by atoms with Crippen LogP contribution in [0.5, 0.6) is 5.75 Å². The van der Waals surface area contributed by atoms with Gasteiger partial charge >= 0.3 is 0 Å². The summed E-state index contributed by atoms with van der Waals surface area (Å²) in [5, 5.41) is 14.0. The van der Waals surface area contributed by atoms with Gasteiger partial charge in [0.25, 0.3) is 0 Å². The zero-order chi connectivity index (χ0) is 18.4. The first kappa shape index (κ1) is 18.5. The summed E-state index contributed by atoms with van der Waals surface area (Å²) in [7, 11) is 0. The Kier molecular flexibility index (Phi) is 6.30. The van der Waals surface area contributed by atoms with E-state index in [-0.39, 0.29) is 6.10 Å². The number of thioether (sulfide) groups is 1. The van der Waals surface area contributed by atoms with Crippen molar-refractivity contribution in [3.05, 3.63) is 71.0 Å². The Morgan fingerprint density at radius 2 is 1.88 bits per heavy atom. The van der Waals surface area contributed by atoms with E-state index in [2.05, 4.69) is 15.3 Å². The minimum Gasteiger partial charge on any atom is -0.491 e. The number of benzene rings is 2. The summed E-state index contributed by atoms with van der Waals surface area (Å²) in [6, 6.07) is 15.6. The highest BCUT2D eigenvalue weighted by atomic mass is 35.5. The van der Waals surface area contributed by atoms with Crippen molar-refractivity contribution in [1.82, 2.24) is 14.9 Å². The predicted octanol–water partition coefficient (Wildman–Crippen LogP) is 4.89. The molecule has 7 heteroatoms. The fraction of sp³-hybridized carbons (Fsp3) is 0.211. The number of nitrogens with zero attached hydrogens (tertiary/aromatic N) is 4. The molecule has 0 fully saturated rings. The molecule has 1 heterocycles. The van der Waals surface area contributed by atoms with E-state index in [0.717, 1.165) is 27.2 Å². The van der Waals surface area contributed by atoms with Gasteiger partial charge in [-0.15, -0.1) is 10.2 Å². The lowest BCUT2D eigenvalue weighted by molar-refractivity contribution is 0.242. The molecule has 2 aromatic carbocycles. The van der Waals surface area contributed by atoms with Crippen molar-refractivity contribution in [3.63, 3.8) is 0 Å². The zero-order valence-electron chi connectivity index (χ0n) is 14.5. The standard InChI is InChI=1S/C19H19ClN4OS/c1-14(2)25-18-9-5-15(6-10-18)11-22-24-13-21-23-19(24)26-12-16-3-7-17(20)8-4-16/h3-11,13-14H,12H2,1-2H3/b22-11-. The SMILES string of the molecule is CC(C)Oc1ccc(/C=N\n2cnnc2SCc2ccc(Cl)cc2)cc1. The summed E-state index contributed by atoms with van der Waals surface area (Å²) >= 11 is 7.48. The van der Waals surface area contributed by atoms with Crippen LogP contribution in [-0.4, -0.2) is 27.2 Å². The monoisotopic (exact) mass is 386 g/mol. The predicted molar refractivity (Wildman–Crippen MR) is 106 cm³/mol. The Hall–Kier alpha value is -2.31. The maximum Gasteiger partial charge on any atom is 0.212 e. The van der Waals surface area contributed by atoms with E-state index >= 15 is 0 Å². The number of rotatable bonds is 7. The van der Waals surface area contributed by atoms with E-state index in [0.29, 0.717) is 0 Å². The Morgan fingerprint density at radius 1 is 1.15 bits per heavy atom. The van der Waals surface area contributed by atoms with Gasteiger partial charge in [0, 0.05) is 10.8 Å². The molecule has 0 saturated heterocycles. The van der Waals surface area contributed by atoms with Gasteiger partial charge in [-0.25, -0.2) is 0 Å². The van der Waals surface area contributed by atoms with Crippen molar-refractivity contribution in [1.29, 1.82) is 0 Å². The summed E-state index contributed by atoms with van der Waals surface area (Å²) in [5.74, 6) is 1.62. The minimum atomic E-state index is 0.159. The maximum absolute atomic E-state index is 5.91. The molecule has 0 atom stereocenters. The van der Waals surface area contributed by atoms with Gasteiger partial charge in [0.2, 0.25) is 5.16 Å². The second kappa shape index (κ2) is 8.87. The van der Waals surface area contributed by atoms with Crippen LogP contribution in [-0.2, 0) is 5.75 Å². The quantitative estimate of drug-likeness (QED) is 0.428. The molecule has 0 amide bonds. The van der Waals surface area contributed by atoms with E-state index in [1.54, 1.807) is 29.0 Å². The van der Waals surface area contributed by atoms with Crippen LogP contribution in [0.2, 0.25) is 5.02 Å². The number of halogens is 1. The molecule has 0 saturated carbocycles. The first-order valence-electron chi connectivity index (χ1n) is 8.18. The van der Waals surface area contributed by atoms with Gasteiger partial charge in [-0.2, -0.15) is 9.78 Å². The van der Waals surface area contributed by atoms with Crippen molar-refractivity contribution < 1.29 is 4.74 Å². The second-order valence-electron chi connectivity index (χ2n) is 5.85. The molecule has 0 radical (unpaired) electrons. The summed E-state index contributed by atoms with van der Waals surface area (Å²) in [6.45, 7) is 4.01. The largest absolute Gasteiger partial charge is 0.491 e. The van der Waals surface area contributed by atoms with Gasteiger partial charge in [-0.05, 0) is 61.4 Å². The van der Waals surface area contributed by atoms with Gasteiger partial charge in [0.05, 0.1) is 12.3 Å². The Labute approximate surface area is 162 Å². The molecular weight excluding hydrogens is 368 g/mol. The molecule has 0 N–H and O–H groups in total. The van der Waals surface area contributed by atoms with E-state index < -0.39 is 0 Å². The van der Waals surface area contributed by atoms with Crippen molar-refractivity contribution in [3.8, 4) is 5.75 Å². The van der Waals surface area contributed by atoms with Gasteiger partial charge in [-0.1, -0.05) is 35.5 Å². The maximum atomic E-state index is 5.91. The van der Waals surface area contributed by atoms with Gasteiger partial charge in [-0.3, -0.25) is 0 Å². The van der Waals surface area contributed by atoms with Crippen LogP contribution < -0.4 is 4.74 Å². The highest BCUT2D eigenvalue weighted by Gasteiger charge is 2.05. The molecule has 3 rings (SSSR count). The van der Waals surface area contributed by atoms with E-state index in [1.807, 2.05) is 62.4 Å². The molecule has 1 aromatic heterocycles. The lowest BCUT2D eigenvalue weighted by Crippen LogP contribution is -2.05. The minimum absolute atomic E-state index is 0.159. The van der Waals surface area contributed by atoms with E-state index in [4.69, 9.17) is 16.3 Å². The van der Waals surface area contributed by atoms with Crippen molar-refractivity contribution >= 4 is 29.6 Å². The summed E-state index contributed by atoms with van der Waals surface area (Å²) in [6.07, 6.45) is 3.53. The molecule has 0 unspecified atom stereocenters. The number of ether oxygens (including phenoxy) is 1. The lowest BCUT2D eigenvalue weighted by Gasteiger charge is -2.09. The average Bonchev–Trinajstić information content (AvgIpc) is 3.08. The molecule has 3 aromatic rings. The van der Waals surface area contributed by atoms with Crippen LogP contribution in [0.15, 0.2) is 65.1 Å². The molecular formula is C19H19ClN4OS. The highest BCUT2D eigenvalue weighted by Crippen LogP contribution is 2.21. The third kappa shape index (κ3) is 5.34. The molecule has 0 aliphatic heterocycles. The topological polar surface area (TPSA) is 52.3 Å². The van der Waals surface area contributed by atoms with Gasteiger partial charge in [0.1, 0.15) is 12.1 Å². The van der Waals surface area contributed by atoms with Crippen LogP contribution in [0.25, 0.3) is 0 Å². The Balaban J connectivity index is 1.62. The Morgan fingerprint density at radius 3 is 2.58 bits per heavy atom. The van der Waals surface area contributed by atoms with E-state index in [1.165, 1.54) is 5.56 Å². The molecule has 0 bridgehead atoms. The Bertz CT molecular complexity index is 860. The van der Waals surface area contributed by atoms with Crippen LogP contribution in [0.3, 0.4) is 0 Å². The molecule has 0 aliphatic carbocycles. The van der Waals surface area contributed by atoms with Gasteiger partial charge < -0.3 is 4.74 Å². The average molecular weight is 387 g/mol. The van der Waals surface area contributed by atoms with Gasteiger partial charge in [0.15, 0.2) is 0 Å². The zero-order valence-corrected chi connectivity index (χ0v) is 16.1. The van der Waals surface area contributed by atoms with Crippen LogP contribution in [0.1, 0.15) is 25.0 Å². The number of aromatic nitrogens is 3. The first-order valence-corrected chi connectivity index (χ1v) is 9.55. The molecule has 0 spiro atoms. The van der Waals surface area contributed by atoms with Crippen molar-refractivity contribution in [2.45, 2.75) is 30.9 Å². The third-order valence-corrected chi connectivity index (χ3v) is 4.62. The number of hydrogen-bond acceptors (Lipinski definition) is 5. The fourth-order valence-electron chi connectivity index (χ4n) is 2.16. The molecule has 0 aliphatic rings. The van der Waals surface area contributed by atoms with Crippen LogP contribution in [0.4, 0.5) is 0 Å². The second-order valence-corrected chi connectivity index (χ2v) is 7.23. The molecule has 5 nitrogen and oxygen atoms in total. The molecule has 26 heavy (non-hydrogen) atoms. The summed E-state index contributed by atoms with van der Waals surface area (Å²) in [5.41, 5.74) is 2.14. The summed E-state index contributed by atoms with van der Waals surface area (Å²) in [4.78, 5) is 0. The summed E-state index contributed by atoms with van der Waals surface area (Å²) < 4.78 is 7.30. The highest BCUT2D eigenvalue weighted by molar-refractivity contribution is 7.98. The smallest absolute Gasteiger partial charge is 0.212 e. The van der Waals surface area contributed by atoms with Crippen molar-refractivity contribution in [2.24, 2.45) is 5.10 Å². The van der Waals surface area contributed by atoms with E-state index in [9.17, 15) is 0 Å². The third-order valence-electron chi connectivity index (χ3n) is 3.36. The number of hydrogen-bond donors (Lipinski definition) is 0. The van der Waals surface area contributed by atoms with Crippen LogP contribution in [0, 0.1) is 0 Å². The van der Waals surface area contributed by atoms with Crippen molar-refractivity contribution in [2.75, 3.05) is 0 Å². The fourth-order valence-corrected chi connectivity index (χ4v) is 3.10. The molecule has 134 valence electrons. The lowest BCUT2D eigenvalue weighted by atomic mass is 10.2.